The van der Waals surface area contributed by atoms with E-state index in [1.165, 1.54) is 51.4 Å². The first-order valence-corrected chi connectivity index (χ1v) is 28.0. The molecule has 0 radical (unpaired) electrons. The minimum Gasteiger partial charge on any atom is -0.462 e. The van der Waals surface area contributed by atoms with Crippen LogP contribution in [-0.2, 0) is 28.6 Å². The van der Waals surface area contributed by atoms with Crippen LogP contribution in [0.25, 0.3) is 0 Å². The van der Waals surface area contributed by atoms with Crippen molar-refractivity contribution in [1.29, 1.82) is 0 Å². The quantitative estimate of drug-likeness (QED) is 0.0262. The summed E-state index contributed by atoms with van der Waals surface area (Å²) >= 11 is 0. The molecule has 6 nitrogen and oxygen atoms in total. The first-order valence-electron chi connectivity index (χ1n) is 28.0. The van der Waals surface area contributed by atoms with Crippen molar-refractivity contribution in [3.8, 4) is 0 Å². The second-order valence-electron chi connectivity index (χ2n) is 18.1. The van der Waals surface area contributed by atoms with Crippen molar-refractivity contribution in [2.24, 2.45) is 0 Å². The molecule has 0 aliphatic heterocycles. The van der Waals surface area contributed by atoms with E-state index in [9.17, 15) is 14.4 Å². The van der Waals surface area contributed by atoms with E-state index in [0.717, 1.165) is 141 Å². The number of carbonyl (C=O) groups is 3. The summed E-state index contributed by atoms with van der Waals surface area (Å²) < 4.78 is 16.8. The van der Waals surface area contributed by atoms with Gasteiger partial charge in [-0.1, -0.05) is 213 Å². The fourth-order valence-corrected chi connectivity index (χ4v) is 7.28. The van der Waals surface area contributed by atoms with Gasteiger partial charge in [-0.05, 0) is 128 Å². The monoisotopic (exact) mass is 955 g/mol. The summed E-state index contributed by atoms with van der Waals surface area (Å²) in [5.41, 5.74) is 0. The summed E-state index contributed by atoms with van der Waals surface area (Å²) in [6.45, 7) is 6.34. The maximum Gasteiger partial charge on any atom is 0.306 e. The summed E-state index contributed by atoms with van der Waals surface area (Å²) in [6, 6.07) is 0. The van der Waals surface area contributed by atoms with Gasteiger partial charge in [0.05, 0.1) is 0 Å². The van der Waals surface area contributed by atoms with E-state index in [1.54, 1.807) is 0 Å². The average molecular weight is 956 g/mol. The van der Waals surface area contributed by atoms with Gasteiger partial charge in [0.25, 0.3) is 0 Å². The van der Waals surface area contributed by atoms with Gasteiger partial charge in [0.1, 0.15) is 13.2 Å². The Bertz CT molecular complexity index is 1470. The van der Waals surface area contributed by atoms with E-state index in [2.05, 4.69) is 142 Å². The molecule has 0 amide bonds. The molecular weight excluding hydrogens is 853 g/mol. The summed E-state index contributed by atoms with van der Waals surface area (Å²) in [4.78, 5) is 38.1. The van der Waals surface area contributed by atoms with Crippen molar-refractivity contribution in [2.75, 3.05) is 13.2 Å². The van der Waals surface area contributed by atoms with Crippen LogP contribution in [0.1, 0.15) is 239 Å². The highest BCUT2D eigenvalue weighted by atomic mass is 16.6. The van der Waals surface area contributed by atoms with Gasteiger partial charge in [0.2, 0.25) is 0 Å². The molecule has 0 heterocycles. The maximum atomic E-state index is 12.8. The second kappa shape index (κ2) is 56.4. The third-order valence-electron chi connectivity index (χ3n) is 11.4. The highest BCUT2D eigenvalue weighted by molar-refractivity contribution is 5.71. The molecule has 0 aromatic carbocycles. The minimum absolute atomic E-state index is 0.108. The Labute approximate surface area is 424 Å². The van der Waals surface area contributed by atoms with Crippen LogP contribution >= 0.6 is 0 Å². The van der Waals surface area contributed by atoms with Crippen molar-refractivity contribution in [3.05, 3.63) is 122 Å². The second-order valence-corrected chi connectivity index (χ2v) is 18.1. The van der Waals surface area contributed by atoms with Crippen molar-refractivity contribution in [3.63, 3.8) is 0 Å². The van der Waals surface area contributed by atoms with Crippen molar-refractivity contribution < 1.29 is 28.6 Å². The van der Waals surface area contributed by atoms with E-state index < -0.39 is 6.10 Å². The number of esters is 3. The molecule has 6 heteroatoms. The van der Waals surface area contributed by atoms with E-state index in [0.29, 0.717) is 19.3 Å². The van der Waals surface area contributed by atoms with Gasteiger partial charge in [-0.2, -0.15) is 0 Å². The molecule has 0 aromatic rings. The molecule has 0 N–H and O–H groups in total. The number of hydrogen-bond acceptors (Lipinski definition) is 6. The van der Waals surface area contributed by atoms with Gasteiger partial charge >= 0.3 is 17.9 Å². The van der Waals surface area contributed by atoms with Gasteiger partial charge in [-0.15, -0.1) is 0 Å². The SMILES string of the molecule is CC/C=C\C/C=C\C/C=C\C/C=C\C/C=C\CCCCCCCC(=O)OCC(COC(=O)CCCCCCC/C=C\CCCCCCCC)OC(=O)CCCC/C=C\C/C=C\C/C=C\C/C=C\CC. The third kappa shape index (κ3) is 54.6. The Balaban J connectivity index is 4.49. The number of hydrogen-bond donors (Lipinski definition) is 0. The Morgan fingerprint density at radius 2 is 0.565 bits per heavy atom. The normalized spacial score (nSPS) is 13.0. The Hall–Kier alpha value is -4.19. The van der Waals surface area contributed by atoms with Crippen LogP contribution in [0.5, 0.6) is 0 Å². The van der Waals surface area contributed by atoms with Crippen LogP contribution in [0.2, 0.25) is 0 Å². The summed E-state index contributed by atoms with van der Waals surface area (Å²) in [6.07, 6.45) is 77.6. The van der Waals surface area contributed by atoms with Crippen LogP contribution in [-0.4, -0.2) is 37.2 Å². The van der Waals surface area contributed by atoms with E-state index in [4.69, 9.17) is 14.2 Å². The zero-order chi connectivity index (χ0) is 50.0. The van der Waals surface area contributed by atoms with E-state index in [1.807, 2.05) is 0 Å². The number of allylic oxidation sites excluding steroid dienone is 20. The van der Waals surface area contributed by atoms with Crippen molar-refractivity contribution >= 4 is 17.9 Å². The fourth-order valence-electron chi connectivity index (χ4n) is 7.28. The molecule has 0 fully saturated rings. The smallest absolute Gasteiger partial charge is 0.306 e. The highest BCUT2D eigenvalue weighted by Crippen LogP contribution is 2.13. The van der Waals surface area contributed by atoms with Crippen LogP contribution < -0.4 is 0 Å². The number of ether oxygens (including phenoxy) is 3. The molecule has 69 heavy (non-hydrogen) atoms. The predicted octanol–water partition coefficient (Wildman–Crippen LogP) is 18.9. The average Bonchev–Trinajstić information content (AvgIpc) is 3.35. The molecule has 1 unspecified atom stereocenters. The molecule has 0 aromatic heterocycles. The Morgan fingerprint density at radius 3 is 0.928 bits per heavy atom. The molecule has 0 aliphatic carbocycles. The van der Waals surface area contributed by atoms with E-state index >= 15 is 0 Å². The number of carbonyl (C=O) groups excluding carboxylic acids is 3. The molecular formula is C63H102O6. The van der Waals surface area contributed by atoms with Crippen LogP contribution in [0.3, 0.4) is 0 Å². The first kappa shape index (κ1) is 64.8. The van der Waals surface area contributed by atoms with Crippen LogP contribution in [0.15, 0.2) is 122 Å². The number of unbranched alkanes of at least 4 members (excludes halogenated alkanes) is 18. The zero-order valence-corrected chi connectivity index (χ0v) is 44.5. The van der Waals surface area contributed by atoms with Gasteiger partial charge in [0, 0.05) is 19.3 Å². The van der Waals surface area contributed by atoms with Gasteiger partial charge in [-0.3, -0.25) is 14.4 Å². The molecule has 0 aliphatic rings. The standard InChI is InChI=1S/C63H102O6/c1-4-7-10-13-16-19-22-25-28-29-30-31-32-33-36-38-41-44-47-50-53-56-62(65)68-59-60(69-63(66)57-54-51-48-45-42-39-35-27-24-21-18-15-12-9-6-3)58-67-61(64)55-52-49-46-43-40-37-34-26-23-20-17-14-11-8-5-2/h7,9-10,12,16,18-19,21,25-28,30-31,33-36,42,45,60H,4-6,8,11,13-15,17,20,22-24,29,32,37-41,43-44,46-59H2,1-3H3/b10-7-,12-9-,19-16-,21-18-,28-25-,31-30-,34-26-,35-27-,36-33-,45-42-. The fraction of sp³-hybridized carbons (Fsp3) is 0.635. The lowest BCUT2D eigenvalue weighted by molar-refractivity contribution is -0.167. The van der Waals surface area contributed by atoms with Crippen molar-refractivity contribution in [1.82, 2.24) is 0 Å². The minimum atomic E-state index is -0.815. The van der Waals surface area contributed by atoms with Crippen LogP contribution in [0.4, 0.5) is 0 Å². The molecule has 1 atom stereocenters. The van der Waals surface area contributed by atoms with Crippen molar-refractivity contribution in [2.45, 2.75) is 245 Å². The Morgan fingerprint density at radius 1 is 0.304 bits per heavy atom. The molecule has 0 saturated carbocycles. The van der Waals surface area contributed by atoms with Gasteiger partial charge < -0.3 is 14.2 Å². The first-order chi connectivity index (χ1) is 34.0. The summed E-state index contributed by atoms with van der Waals surface area (Å²) in [7, 11) is 0. The van der Waals surface area contributed by atoms with E-state index in [-0.39, 0.29) is 37.5 Å². The largest absolute Gasteiger partial charge is 0.462 e. The molecule has 0 spiro atoms. The number of rotatable bonds is 49. The molecule has 0 saturated heterocycles. The Kier molecular flexibility index (Phi) is 53.0. The third-order valence-corrected chi connectivity index (χ3v) is 11.4. The predicted molar refractivity (Wildman–Crippen MR) is 297 cm³/mol. The van der Waals surface area contributed by atoms with Gasteiger partial charge in [0.15, 0.2) is 6.10 Å². The molecule has 0 bridgehead atoms. The lowest BCUT2D eigenvalue weighted by atomic mass is 10.1. The topological polar surface area (TPSA) is 78.9 Å². The maximum absolute atomic E-state index is 12.8. The highest BCUT2D eigenvalue weighted by Gasteiger charge is 2.19. The van der Waals surface area contributed by atoms with Gasteiger partial charge in [-0.25, -0.2) is 0 Å². The summed E-state index contributed by atoms with van der Waals surface area (Å²) in [5.74, 6) is -0.981. The van der Waals surface area contributed by atoms with Crippen LogP contribution in [0, 0.1) is 0 Å². The molecule has 390 valence electrons. The zero-order valence-electron chi connectivity index (χ0n) is 44.5. The lowest BCUT2D eigenvalue weighted by Crippen LogP contribution is -2.30. The summed E-state index contributed by atoms with van der Waals surface area (Å²) in [5, 5.41) is 0. The molecule has 0 rings (SSSR count). The lowest BCUT2D eigenvalue weighted by Gasteiger charge is -2.18.